The van der Waals surface area contributed by atoms with Crippen molar-refractivity contribution in [2.75, 3.05) is 0 Å². The molecule has 2 aliphatic rings. The molecule has 0 amide bonds. The SMILES string of the molecule is CC1=CC[C]([Zr]([CH3])([CH3])(=[SiH2])[C]2=C(C)C(C)=CC2)=C1C. The van der Waals surface area contributed by atoms with E-state index < -0.39 is 17.4 Å². The van der Waals surface area contributed by atoms with Crippen molar-refractivity contribution in [1.29, 1.82) is 0 Å². The van der Waals surface area contributed by atoms with Gasteiger partial charge in [-0.15, -0.1) is 0 Å². The van der Waals surface area contributed by atoms with Gasteiger partial charge in [0.15, 0.2) is 0 Å². The number of rotatable bonds is 2. The van der Waals surface area contributed by atoms with Crippen LogP contribution in [0.1, 0.15) is 40.5 Å². The molecule has 0 aromatic carbocycles. The van der Waals surface area contributed by atoms with Gasteiger partial charge in [0.1, 0.15) is 0 Å². The van der Waals surface area contributed by atoms with E-state index in [-0.39, 0.29) is 0 Å². The van der Waals surface area contributed by atoms with Gasteiger partial charge in [-0.25, -0.2) is 0 Å². The molecule has 0 aliphatic heterocycles. The molecule has 0 spiro atoms. The van der Waals surface area contributed by atoms with E-state index in [0.717, 1.165) is 0 Å². The summed E-state index contributed by atoms with van der Waals surface area (Å²) in [5, 5.41) is 0. The van der Waals surface area contributed by atoms with Crippen LogP contribution >= 0.6 is 0 Å². The summed E-state index contributed by atoms with van der Waals surface area (Å²) in [5.74, 6) is 0. The predicted molar refractivity (Wildman–Crippen MR) is 82.4 cm³/mol. The minimum absolute atomic E-state index is 1.22. The third kappa shape index (κ3) is 2.06. The van der Waals surface area contributed by atoms with Gasteiger partial charge in [-0.2, -0.15) is 0 Å². The zero-order valence-electron chi connectivity index (χ0n) is 12.8. The zero-order valence-corrected chi connectivity index (χ0v) is 16.6. The van der Waals surface area contributed by atoms with Crippen LogP contribution in [0.3, 0.4) is 0 Å². The molecule has 0 heterocycles. The van der Waals surface area contributed by atoms with Gasteiger partial charge in [0.2, 0.25) is 0 Å². The Bertz CT molecular complexity index is 555. The van der Waals surface area contributed by atoms with Gasteiger partial charge in [0.05, 0.1) is 0 Å². The molecule has 0 fully saturated rings. The molecule has 0 radical (unpaired) electrons. The Hall–Kier alpha value is 0.0600. The Morgan fingerprint density at radius 3 is 1.39 bits per heavy atom. The summed E-state index contributed by atoms with van der Waals surface area (Å²) >= 11 is -2.84. The van der Waals surface area contributed by atoms with Crippen LogP contribution in [0.4, 0.5) is 0 Å². The van der Waals surface area contributed by atoms with E-state index in [9.17, 15) is 0 Å². The Kier molecular flexibility index (Phi) is 3.44. The van der Waals surface area contributed by atoms with Gasteiger partial charge >= 0.3 is 115 Å². The standard InChI is InChI=1S/2C7H9.2CH3.H2Si.Zr/c2*1-6-4-3-5-7(6)2;;;;/h2*4H,3H2,1-2H3;2*1H3;1H2;. The molecule has 0 saturated heterocycles. The summed E-state index contributed by atoms with van der Waals surface area (Å²) < 4.78 is 8.92. The number of allylic oxidation sites excluding steroid dienone is 8. The van der Waals surface area contributed by atoms with Crippen molar-refractivity contribution in [1.82, 2.24) is 0 Å². The van der Waals surface area contributed by atoms with Crippen molar-refractivity contribution in [3.05, 3.63) is 41.0 Å². The molecule has 98 valence electrons. The monoisotopic (exact) mass is 336 g/mol. The van der Waals surface area contributed by atoms with Crippen LogP contribution in [0.5, 0.6) is 0 Å². The molecule has 0 saturated carbocycles. The van der Waals surface area contributed by atoms with Crippen molar-refractivity contribution < 1.29 is 17.4 Å². The Balaban J connectivity index is 2.60. The molecular formula is C16H26SiZr. The van der Waals surface area contributed by atoms with E-state index in [4.69, 9.17) is 0 Å². The second-order valence-corrected chi connectivity index (χ2v) is 35.8. The molecule has 0 aromatic heterocycles. The van der Waals surface area contributed by atoms with Gasteiger partial charge in [0.25, 0.3) is 0 Å². The first kappa shape index (κ1) is 14.5. The molecule has 0 unspecified atom stereocenters. The van der Waals surface area contributed by atoms with E-state index in [1.807, 2.05) is 6.56 Å². The zero-order chi connectivity index (χ0) is 13.7. The van der Waals surface area contributed by atoms with E-state index in [1.54, 1.807) is 11.1 Å². The van der Waals surface area contributed by atoms with Crippen molar-refractivity contribution in [3.63, 3.8) is 0 Å². The van der Waals surface area contributed by atoms with E-state index in [1.165, 1.54) is 24.0 Å². The fraction of sp³-hybridized carbons (Fsp3) is 0.500. The van der Waals surface area contributed by atoms with Crippen LogP contribution in [-0.2, 0) is 17.4 Å². The Labute approximate surface area is 114 Å². The molecule has 0 bridgehead atoms. The third-order valence-corrected chi connectivity index (χ3v) is 22.7. The quantitative estimate of drug-likeness (QED) is 0.648. The van der Waals surface area contributed by atoms with Crippen LogP contribution in [-0.4, -0.2) is 6.88 Å². The Morgan fingerprint density at radius 1 is 0.833 bits per heavy atom. The molecule has 0 aromatic rings. The first-order valence-electron chi connectivity index (χ1n) is 6.95. The maximum atomic E-state index is 2.64. The summed E-state index contributed by atoms with van der Waals surface area (Å²) in [4.78, 5) is 0. The second-order valence-electron chi connectivity index (χ2n) is 7.08. The fourth-order valence-electron chi connectivity index (χ4n) is 3.64. The van der Waals surface area contributed by atoms with Crippen LogP contribution in [0.25, 0.3) is 0 Å². The summed E-state index contributed by atoms with van der Waals surface area (Å²) in [6.45, 7) is 11.6. The number of hydrogen-bond acceptors (Lipinski definition) is 0. The average Bonchev–Trinajstić information content (AvgIpc) is 2.74. The first-order valence-corrected chi connectivity index (χ1v) is 20.3. The van der Waals surface area contributed by atoms with Crippen molar-refractivity contribution in [2.45, 2.75) is 49.8 Å². The van der Waals surface area contributed by atoms with Gasteiger partial charge in [-0.3, -0.25) is 0 Å². The molecule has 0 atom stereocenters. The predicted octanol–water partition coefficient (Wildman–Crippen LogP) is 4.57. The van der Waals surface area contributed by atoms with Gasteiger partial charge < -0.3 is 0 Å². The van der Waals surface area contributed by atoms with Crippen molar-refractivity contribution >= 4 is 6.88 Å². The van der Waals surface area contributed by atoms with Gasteiger partial charge in [-0.05, 0) is 0 Å². The molecule has 0 nitrogen and oxygen atoms in total. The van der Waals surface area contributed by atoms with Crippen molar-refractivity contribution in [3.8, 4) is 0 Å². The molecule has 0 N–H and O–H groups in total. The van der Waals surface area contributed by atoms with E-state index in [2.05, 4.69) is 56.0 Å². The molecule has 2 aliphatic carbocycles. The summed E-state index contributed by atoms with van der Waals surface area (Å²) in [5.41, 5.74) is 6.24. The number of hydrogen-bond donors (Lipinski definition) is 0. The van der Waals surface area contributed by atoms with Crippen LogP contribution in [0.15, 0.2) is 41.0 Å². The summed E-state index contributed by atoms with van der Waals surface area (Å²) in [6, 6.07) is 0. The summed E-state index contributed by atoms with van der Waals surface area (Å²) in [7, 11) is 0. The van der Waals surface area contributed by atoms with Gasteiger partial charge in [-0.1, -0.05) is 0 Å². The molecule has 2 heteroatoms. The average molecular weight is 338 g/mol. The first-order chi connectivity index (χ1) is 8.13. The molecular weight excluding hydrogens is 311 g/mol. The molecule has 2 rings (SSSR count). The fourth-order valence-corrected chi connectivity index (χ4v) is 20.0. The van der Waals surface area contributed by atoms with E-state index in [0.29, 0.717) is 0 Å². The summed E-state index contributed by atoms with van der Waals surface area (Å²) in [6.07, 6.45) is 7.30. The normalized spacial score (nSPS) is 21.7. The molecule has 18 heavy (non-hydrogen) atoms. The Morgan fingerprint density at radius 2 is 1.17 bits per heavy atom. The minimum atomic E-state index is -2.84. The maximum absolute atomic E-state index is 2.84. The third-order valence-electron chi connectivity index (χ3n) is 5.25. The van der Waals surface area contributed by atoms with Crippen LogP contribution in [0, 0.1) is 0 Å². The topological polar surface area (TPSA) is 0 Å². The van der Waals surface area contributed by atoms with Gasteiger partial charge in [0, 0.05) is 0 Å². The van der Waals surface area contributed by atoms with E-state index >= 15 is 0 Å². The second kappa shape index (κ2) is 4.28. The van der Waals surface area contributed by atoms with Crippen LogP contribution < -0.4 is 0 Å². The van der Waals surface area contributed by atoms with Crippen molar-refractivity contribution in [2.24, 2.45) is 0 Å². The van der Waals surface area contributed by atoms with Crippen LogP contribution in [0.2, 0.25) is 9.26 Å².